The second kappa shape index (κ2) is 16.3. The van der Waals surface area contributed by atoms with E-state index in [0.29, 0.717) is 48.1 Å². The SMILES string of the molecule is NCCN(CCN)C(=O)C[C@H](N)C(=O)N[C@@H](CCc1ccccc1)C(=O)Nc1ccc(Oc2ccccc2Cl)cc1. The van der Waals surface area contributed by atoms with Gasteiger partial charge in [-0.15, -0.1) is 0 Å². The van der Waals surface area contributed by atoms with Crippen molar-refractivity contribution in [3.63, 3.8) is 0 Å². The molecule has 0 aliphatic rings. The van der Waals surface area contributed by atoms with E-state index < -0.39 is 23.9 Å². The smallest absolute Gasteiger partial charge is 0.246 e. The van der Waals surface area contributed by atoms with Crippen molar-refractivity contribution in [2.24, 2.45) is 17.2 Å². The van der Waals surface area contributed by atoms with Gasteiger partial charge in [0.15, 0.2) is 0 Å². The van der Waals surface area contributed by atoms with Gasteiger partial charge in [0.25, 0.3) is 0 Å². The van der Waals surface area contributed by atoms with E-state index in [-0.39, 0.29) is 25.4 Å². The number of ether oxygens (including phenoxy) is 1. The van der Waals surface area contributed by atoms with Crippen LogP contribution in [-0.4, -0.2) is 60.9 Å². The largest absolute Gasteiger partial charge is 0.456 e. The summed E-state index contributed by atoms with van der Waals surface area (Å²) in [6.07, 6.45) is 0.632. The number of nitrogens with two attached hydrogens (primary N) is 3. The molecule has 0 heterocycles. The third kappa shape index (κ3) is 10.2. The molecule has 8 N–H and O–H groups in total. The van der Waals surface area contributed by atoms with Gasteiger partial charge in [-0.05, 0) is 54.8 Å². The molecule has 3 rings (SSSR count). The lowest BCUT2D eigenvalue weighted by Crippen LogP contribution is -2.52. The molecule has 0 aromatic heterocycles. The summed E-state index contributed by atoms with van der Waals surface area (Å²) >= 11 is 6.16. The first-order valence-electron chi connectivity index (χ1n) is 13.4. The molecule has 2 atom stereocenters. The first-order chi connectivity index (χ1) is 19.8. The van der Waals surface area contributed by atoms with Crippen molar-refractivity contribution in [2.45, 2.75) is 31.3 Å². The summed E-state index contributed by atoms with van der Waals surface area (Å²) in [5.74, 6) is -0.290. The van der Waals surface area contributed by atoms with Gasteiger partial charge in [-0.3, -0.25) is 14.4 Å². The standard InChI is InChI=1S/C30H37ClN6O4/c31-24-8-4-5-9-27(24)41-23-13-11-22(12-14-23)35-30(40)26(15-10-21-6-2-1-3-7-21)36-29(39)25(34)20-28(38)37(18-16-32)19-17-33/h1-9,11-14,25-26H,10,15-20,32-34H2,(H,35,40)(H,36,39)/t25-,26-/m0/s1. The Morgan fingerprint density at radius 3 is 2.12 bits per heavy atom. The van der Waals surface area contributed by atoms with Gasteiger partial charge >= 0.3 is 0 Å². The summed E-state index contributed by atoms with van der Waals surface area (Å²) in [7, 11) is 0. The van der Waals surface area contributed by atoms with Crippen LogP contribution in [0.15, 0.2) is 78.9 Å². The van der Waals surface area contributed by atoms with Crippen LogP contribution in [0.3, 0.4) is 0 Å². The highest BCUT2D eigenvalue weighted by molar-refractivity contribution is 6.32. The molecule has 3 aromatic rings. The number of anilines is 1. The van der Waals surface area contributed by atoms with Crippen LogP contribution in [0, 0.1) is 0 Å². The topological polar surface area (TPSA) is 166 Å². The lowest BCUT2D eigenvalue weighted by molar-refractivity contribution is -0.134. The molecule has 0 bridgehead atoms. The van der Waals surface area contributed by atoms with Crippen LogP contribution >= 0.6 is 11.6 Å². The lowest BCUT2D eigenvalue weighted by Gasteiger charge is -2.24. The zero-order valence-electron chi connectivity index (χ0n) is 22.8. The molecule has 0 aliphatic heterocycles. The van der Waals surface area contributed by atoms with Gasteiger partial charge in [0.2, 0.25) is 17.7 Å². The Morgan fingerprint density at radius 1 is 0.854 bits per heavy atom. The Hall–Kier alpha value is -3.96. The van der Waals surface area contributed by atoms with Crippen molar-refractivity contribution in [1.29, 1.82) is 0 Å². The maximum atomic E-state index is 13.3. The number of benzene rings is 3. The van der Waals surface area contributed by atoms with Gasteiger partial charge in [0.1, 0.15) is 17.5 Å². The molecule has 11 heteroatoms. The van der Waals surface area contributed by atoms with Crippen LogP contribution in [-0.2, 0) is 20.8 Å². The van der Waals surface area contributed by atoms with Crippen LogP contribution in [0.4, 0.5) is 5.69 Å². The average Bonchev–Trinajstić information content (AvgIpc) is 2.97. The Morgan fingerprint density at radius 2 is 1.49 bits per heavy atom. The van der Waals surface area contributed by atoms with E-state index in [0.717, 1.165) is 5.56 Å². The predicted octanol–water partition coefficient (Wildman–Crippen LogP) is 2.65. The third-order valence-corrected chi connectivity index (χ3v) is 6.58. The molecule has 0 aliphatic carbocycles. The molecule has 3 aromatic carbocycles. The highest BCUT2D eigenvalue weighted by Crippen LogP contribution is 2.29. The number of carbonyl (C=O) groups is 3. The number of halogens is 1. The fourth-order valence-corrected chi connectivity index (χ4v) is 4.25. The van der Waals surface area contributed by atoms with E-state index in [1.807, 2.05) is 42.5 Å². The summed E-state index contributed by atoms with van der Waals surface area (Å²) < 4.78 is 5.80. The number of nitrogens with one attached hydrogen (secondary N) is 2. The fraction of sp³-hybridized carbons (Fsp3) is 0.300. The van der Waals surface area contributed by atoms with Crippen molar-refractivity contribution >= 4 is 35.0 Å². The van der Waals surface area contributed by atoms with E-state index in [1.165, 1.54) is 4.90 Å². The molecule has 218 valence electrons. The number of rotatable bonds is 15. The van der Waals surface area contributed by atoms with Crippen molar-refractivity contribution in [3.05, 3.63) is 89.4 Å². The monoisotopic (exact) mass is 580 g/mol. The van der Waals surface area contributed by atoms with Gasteiger partial charge in [-0.2, -0.15) is 0 Å². The minimum Gasteiger partial charge on any atom is -0.456 e. The van der Waals surface area contributed by atoms with E-state index >= 15 is 0 Å². The van der Waals surface area contributed by atoms with Crippen LogP contribution in [0.25, 0.3) is 0 Å². The quantitative estimate of drug-likeness (QED) is 0.184. The van der Waals surface area contributed by atoms with Gasteiger partial charge in [-0.1, -0.05) is 54.1 Å². The summed E-state index contributed by atoms with van der Waals surface area (Å²) in [6, 6.07) is 21.5. The lowest BCUT2D eigenvalue weighted by atomic mass is 10.0. The number of hydrogen-bond donors (Lipinski definition) is 5. The van der Waals surface area contributed by atoms with E-state index in [4.69, 9.17) is 33.5 Å². The number of aryl methyl sites for hydroxylation is 1. The Balaban J connectivity index is 1.66. The normalized spacial score (nSPS) is 12.2. The van der Waals surface area contributed by atoms with E-state index in [9.17, 15) is 14.4 Å². The second-order valence-electron chi connectivity index (χ2n) is 9.40. The molecule has 0 fully saturated rings. The molecule has 41 heavy (non-hydrogen) atoms. The summed E-state index contributed by atoms with van der Waals surface area (Å²) in [5.41, 5.74) is 18.8. The third-order valence-electron chi connectivity index (χ3n) is 6.27. The van der Waals surface area contributed by atoms with E-state index in [2.05, 4.69) is 10.6 Å². The second-order valence-corrected chi connectivity index (χ2v) is 9.81. The molecular formula is C30H37ClN6O4. The molecular weight excluding hydrogens is 544 g/mol. The summed E-state index contributed by atoms with van der Waals surface area (Å²) in [6.45, 7) is 1.16. The van der Waals surface area contributed by atoms with Crippen LogP contribution < -0.4 is 32.6 Å². The van der Waals surface area contributed by atoms with E-state index in [1.54, 1.807) is 36.4 Å². The molecule has 3 amide bonds. The maximum absolute atomic E-state index is 13.3. The first-order valence-corrected chi connectivity index (χ1v) is 13.8. The first kappa shape index (κ1) is 31.6. The number of amides is 3. The number of nitrogens with zero attached hydrogens (tertiary/aromatic N) is 1. The fourth-order valence-electron chi connectivity index (χ4n) is 4.08. The number of carbonyl (C=O) groups excluding carboxylic acids is 3. The van der Waals surface area contributed by atoms with Crippen LogP contribution in [0.1, 0.15) is 18.4 Å². The van der Waals surface area contributed by atoms with Gasteiger partial charge in [0, 0.05) is 31.9 Å². The molecule has 0 radical (unpaired) electrons. The van der Waals surface area contributed by atoms with Crippen molar-refractivity contribution < 1.29 is 19.1 Å². The number of para-hydroxylation sites is 1. The van der Waals surface area contributed by atoms with Gasteiger partial charge < -0.3 is 37.5 Å². The summed E-state index contributed by atoms with van der Waals surface area (Å²) in [5, 5.41) is 6.05. The molecule has 0 saturated heterocycles. The van der Waals surface area contributed by atoms with Crippen molar-refractivity contribution in [1.82, 2.24) is 10.2 Å². The minimum atomic E-state index is -1.14. The van der Waals surface area contributed by atoms with Gasteiger partial charge in [0.05, 0.1) is 17.5 Å². The number of hydrogen-bond acceptors (Lipinski definition) is 7. The van der Waals surface area contributed by atoms with Gasteiger partial charge in [-0.25, -0.2) is 0 Å². The zero-order chi connectivity index (χ0) is 29.6. The summed E-state index contributed by atoms with van der Waals surface area (Å²) in [4.78, 5) is 40.4. The van der Waals surface area contributed by atoms with Crippen molar-refractivity contribution in [3.8, 4) is 11.5 Å². The Bertz CT molecular complexity index is 1270. The zero-order valence-corrected chi connectivity index (χ0v) is 23.6. The van der Waals surface area contributed by atoms with Crippen LogP contribution in [0.2, 0.25) is 5.02 Å². The average molecular weight is 581 g/mol. The highest BCUT2D eigenvalue weighted by atomic mass is 35.5. The Kier molecular flexibility index (Phi) is 12.6. The molecule has 10 nitrogen and oxygen atoms in total. The maximum Gasteiger partial charge on any atom is 0.246 e. The van der Waals surface area contributed by atoms with Crippen LogP contribution in [0.5, 0.6) is 11.5 Å². The Labute approximate surface area is 245 Å². The molecule has 0 saturated carbocycles. The van der Waals surface area contributed by atoms with Crippen molar-refractivity contribution in [2.75, 3.05) is 31.5 Å². The minimum absolute atomic E-state index is 0.230. The molecule has 0 unspecified atom stereocenters. The molecule has 0 spiro atoms. The predicted molar refractivity (Wildman–Crippen MR) is 161 cm³/mol. The highest BCUT2D eigenvalue weighted by Gasteiger charge is 2.26.